The van der Waals surface area contributed by atoms with Gasteiger partial charge in [0.2, 0.25) is 0 Å². The summed E-state index contributed by atoms with van der Waals surface area (Å²) in [6.45, 7) is 13.5. The average molecular weight is 518 g/mol. The molecule has 4 heteroatoms. The predicted molar refractivity (Wildman–Crippen MR) is 170 cm³/mol. The molecule has 0 aliphatic carbocycles. The van der Waals surface area contributed by atoms with Crippen LogP contribution in [-0.4, -0.2) is 13.4 Å². The highest BCUT2D eigenvalue weighted by Gasteiger charge is 2.39. The van der Waals surface area contributed by atoms with Gasteiger partial charge in [0.1, 0.15) is 23.0 Å². The molecule has 40 heavy (non-hydrogen) atoms. The maximum absolute atomic E-state index is 6.61. The van der Waals surface area contributed by atoms with E-state index in [1.165, 1.54) is 66.2 Å². The summed E-state index contributed by atoms with van der Waals surface area (Å²) in [6.07, 6.45) is 0. The second kappa shape index (κ2) is 9.20. The van der Waals surface area contributed by atoms with Gasteiger partial charge in [-0.2, -0.15) is 0 Å². The van der Waals surface area contributed by atoms with Crippen molar-refractivity contribution in [2.75, 3.05) is 0 Å². The van der Waals surface area contributed by atoms with E-state index in [0.717, 1.165) is 23.0 Å². The SMILES string of the molecule is Cc1cc(C)c(B2c3ccccc3Oc3cc4c(cc32)B(c2c(C)cc(C)cc2C)c2ccccc2O4)c(C)c1. The molecule has 0 atom stereocenters. The Balaban J connectivity index is 1.52. The summed E-state index contributed by atoms with van der Waals surface area (Å²) in [6, 6.07) is 30.7. The molecule has 2 nitrogen and oxygen atoms in total. The molecule has 2 aliphatic heterocycles. The Morgan fingerprint density at radius 2 is 0.775 bits per heavy atom. The van der Waals surface area contributed by atoms with Crippen molar-refractivity contribution >= 4 is 46.2 Å². The van der Waals surface area contributed by atoms with Crippen molar-refractivity contribution < 1.29 is 9.47 Å². The Morgan fingerprint density at radius 3 is 1.18 bits per heavy atom. The highest BCUT2D eigenvalue weighted by atomic mass is 16.5. The van der Waals surface area contributed by atoms with Crippen LogP contribution in [0.25, 0.3) is 0 Å². The summed E-state index contributed by atoms with van der Waals surface area (Å²) >= 11 is 0. The minimum atomic E-state index is 0.0730. The van der Waals surface area contributed by atoms with Crippen LogP contribution < -0.4 is 42.3 Å². The number of rotatable bonds is 2. The lowest BCUT2D eigenvalue weighted by atomic mass is 9.31. The molecule has 2 aliphatic rings. The minimum absolute atomic E-state index is 0.0730. The van der Waals surface area contributed by atoms with Crippen LogP contribution in [0.3, 0.4) is 0 Å². The lowest BCUT2D eigenvalue weighted by molar-refractivity contribution is 0.465. The van der Waals surface area contributed by atoms with E-state index < -0.39 is 0 Å². The summed E-state index contributed by atoms with van der Waals surface area (Å²) in [7, 11) is 0. The van der Waals surface area contributed by atoms with Gasteiger partial charge in [0.25, 0.3) is 13.4 Å². The zero-order valence-corrected chi connectivity index (χ0v) is 24.1. The minimum Gasteiger partial charge on any atom is -0.458 e. The Kier molecular flexibility index (Phi) is 5.71. The summed E-state index contributed by atoms with van der Waals surface area (Å²) in [4.78, 5) is 0. The normalized spacial score (nSPS) is 13.1. The second-order valence-electron chi connectivity index (χ2n) is 11.7. The number of ether oxygens (including phenoxy) is 2. The van der Waals surface area contributed by atoms with Gasteiger partial charge < -0.3 is 9.47 Å². The average Bonchev–Trinajstić information content (AvgIpc) is 2.90. The molecule has 0 aromatic heterocycles. The number of para-hydroxylation sites is 2. The number of hydrogen-bond acceptors (Lipinski definition) is 2. The lowest BCUT2D eigenvalue weighted by Gasteiger charge is -2.33. The van der Waals surface area contributed by atoms with E-state index in [2.05, 4.69) is 126 Å². The zero-order chi connectivity index (χ0) is 27.7. The van der Waals surface area contributed by atoms with Gasteiger partial charge in [-0.25, -0.2) is 0 Å². The van der Waals surface area contributed by atoms with Crippen molar-refractivity contribution in [1.29, 1.82) is 0 Å². The second-order valence-corrected chi connectivity index (χ2v) is 11.7. The van der Waals surface area contributed by atoms with Crippen LogP contribution in [0, 0.1) is 41.5 Å². The van der Waals surface area contributed by atoms with E-state index in [9.17, 15) is 0 Å². The lowest BCUT2D eigenvalue weighted by Crippen LogP contribution is -2.61. The summed E-state index contributed by atoms with van der Waals surface area (Å²) < 4.78 is 13.2. The largest absolute Gasteiger partial charge is 0.458 e. The van der Waals surface area contributed by atoms with Crippen LogP contribution >= 0.6 is 0 Å². The van der Waals surface area contributed by atoms with E-state index in [-0.39, 0.29) is 13.4 Å². The molecule has 0 N–H and O–H groups in total. The molecule has 0 unspecified atom stereocenters. The van der Waals surface area contributed by atoms with E-state index in [1.807, 2.05) is 0 Å². The van der Waals surface area contributed by atoms with Gasteiger partial charge in [0, 0.05) is 6.07 Å². The fraction of sp³-hybridized carbons (Fsp3) is 0.167. The molecule has 2 heterocycles. The molecule has 0 spiro atoms. The molecule has 0 fully saturated rings. The van der Waals surface area contributed by atoms with Crippen LogP contribution in [0.15, 0.2) is 84.9 Å². The van der Waals surface area contributed by atoms with E-state index in [1.54, 1.807) is 0 Å². The Hall–Kier alpha value is -4.17. The summed E-state index contributed by atoms with van der Waals surface area (Å²) in [5.74, 6) is 3.57. The summed E-state index contributed by atoms with van der Waals surface area (Å²) in [5.41, 5.74) is 15.4. The third-order valence-electron chi connectivity index (χ3n) is 8.72. The first-order chi connectivity index (χ1) is 19.3. The summed E-state index contributed by atoms with van der Waals surface area (Å²) in [5, 5.41) is 0. The monoisotopic (exact) mass is 518 g/mol. The molecular formula is C36H32B2O2. The molecule has 0 bridgehead atoms. The van der Waals surface area contributed by atoms with Crippen LogP contribution in [0.5, 0.6) is 23.0 Å². The van der Waals surface area contributed by atoms with Crippen LogP contribution in [0.1, 0.15) is 33.4 Å². The van der Waals surface area contributed by atoms with Crippen molar-refractivity contribution in [1.82, 2.24) is 0 Å². The molecule has 0 saturated heterocycles. The first-order valence-electron chi connectivity index (χ1n) is 14.2. The molecule has 7 rings (SSSR count). The van der Waals surface area contributed by atoms with Gasteiger partial charge in [-0.3, -0.25) is 0 Å². The quantitative estimate of drug-likeness (QED) is 0.307. The van der Waals surface area contributed by atoms with Gasteiger partial charge in [-0.15, -0.1) is 0 Å². The van der Waals surface area contributed by atoms with Crippen molar-refractivity contribution in [3.8, 4) is 23.0 Å². The molecular weight excluding hydrogens is 486 g/mol. The smallest absolute Gasteiger partial charge is 0.251 e. The van der Waals surface area contributed by atoms with E-state index in [4.69, 9.17) is 9.47 Å². The zero-order valence-electron chi connectivity index (χ0n) is 24.1. The first-order valence-corrected chi connectivity index (χ1v) is 14.2. The maximum Gasteiger partial charge on any atom is 0.251 e. The fourth-order valence-corrected chi connectivity index (χ4v) is 7.33. The third-order valence-corrected chi connectivity index (χ3v) is 8.72. The molecule has 0 amide bonds. The van der Waals surface area contributed by atoms with Crippen molar-refractivity contribution in [2.24, 2.45) is 0 Å². The van der Waals surface area contributed by atoms with Gasteiger partial charge >= 0.3 is 0 Å². The van der Waals surface area contributed by atoms with Crippen LogP contribution in [0.4, 0.5) is 0 Å². The number of hydrogen-bond donors (Lipinski definition) is 0. The third kappa shape index (κ3) is 3.81. The molecule has 194 valence electrons. The Morgan fingerprint density at radius 1 is 0.400 bits per heavy atom. The van der Waals surface area contributed by atoms with Crippen molar-refractivity contribution in [2.45, 2.75) is 41.5 Å². The molecule has 5 aromatic rings. The number of benzene rings is 5. The van der Waals surface area contributed by atoms with E-state index in [0.29, 0.717) is 0 Å². The Labute approximate surface area is 238 Å². The standard InChI is InChI=1S/C36H32B2O2/c1-21-15-23(3)35(24(4)16-21)37-27-11-7-9-13-31(27)39-33-20-34-30(19-29(33)37)38(28-12-8-10-14-32(28)40-34)36-25(5)17-22(2)18-26(36)6/h7-20H,1-6H3. The number of aryl methyl sites for hydroxylation is 6. The molecule has 0 radical (unpaired) electrons. The van der Waals surface area contributed by atoms with Crippen molar-refractivity contribution in [3.05, 3.63) is 118 Å². The molecule has 5 aromatic carbocycles. The van der Waals surface area contributed by atoms with Gasteiger partial charge in [0.15, 0.2) is 0 Å². The van der Waals surface area contributed by atoms with Crippen molar-refractivity contribution in [3.63, 3.8) is 0 Å². The maximum atomic E-state index is 6.61. The Bertz CT molecular complexity index is 1660. The topological polar surface area (TPSA) is 18.5 Å². The predicted octanol–water partition coefficient (Wildman–Crippen LogP) is 4.78. The van der Waals surface area contributed by atoms with Gasteiger partial charge in [-0.05, 0) is 75.5 Å². The van der Waals surface area contributed by atoms with Gasteiger partial charge in [-0.1, -0.05) is 111 Å². The highest BCUT2D eigenvalue weighted by molar-refractivity contribution is 7.00. The van der Waals surface area contributed by atoms with Crippen LogP contribution in [-0.2, 0) is 0 Å². The molecule has 0 saturated carbocycles. The number of fused-ring (bicyclic) bond motifs is 4. The highest BCUT2D eigenvalue weighted by Crippen LogP contribution is 2.32. The first kappa shape index (κ1) is 24.8. The van der Waals surface area contributed by atoms with Gasteiger partial charge in [0.05, 0.1) is 0 Å². The fourth-order valence-electron chi connectivity index (χ4n) is 7.33. The van der Waals surface area contributed by atoms with Crippen LogP contribution in [0.2, 0.25) is 0 Å². The van der Waals surface area contributed by atoms with E-state index >= 15 is 0 Å².